The van der Waals surface area contributed by atoms with E-state index in [0.29, 0.717) is 5.92 Å². The van der Waals surface area contributed by atoms with Crippen LogP contribution in [0.25, 0.3) is 5.70 Å². The fourth-order valence-corrected chi connectivity index (χ4v) is 2.41. The van der Waals surface area contributed by atoms with Gasteiger partial charge in [-0.1, -0.05) is 59.6 Å². The van der Waals surface area contributed by atoms with Crippen LogP contribution in [0.1, 0.15) is 73.3 Å². The summed E-state index contributed by atoms with van der Waals surface area (Å²) in [6.07, 6.45) is 9.61. The third-order valence-corrected chi connectivity index (χ3v) is 4.48. The van der Waals surface area contributed by atoms with E-state index >= 15 is 0 Å². The quantitative estimate of drug-likeness (QED) is 0.243. The van der Waals surface area contributed by atoms with Gasteiger partial charge in [-0.05, 0) is 38.3 Å². The van der Waals surface area contributed by atoms with E-state index in [0.717, 1.165) is 29.5 Å². The van der Waals surface area contributed by atoms with Crippen LogP contribution >= 0.6 is 11.8 Å². The Balaban J connectivity index is 0. The molecule has 1 heterocycles. The number of hydrogen-bond acceptors (Lipinski definition) is 5. The van der Waals surface area contributed by atoms with Gasteiger partial charge in [-0.3, -0.25) is 4.98 Å². The van der Waals surface area contributed by atoms with Crippen molar-refractivity contribution >= 4 is 17.5 Å². The van der Waals surface area contributed by atoms with Gasteiger partial charge in [-0.2, -0.15) is 0 Å². The highest BCUT2D eigenvalue weighted by molar-refractivity contribution is 8.02. The SMILES string of the molecule is C/C=C(\C)NCS/C=C(\N)c1cccnc1.C=C(OCC)C(C)C.CCCCC. The smallest absolute Gasteiger partial charge is 0.0913 e. The maximum atomic E-state index is 5.90. The van der Waals surface area contributed by atoms with Gasteiger partial charge >= 0.3 is 0 Å². The van der Waals surface area contributed by atoms with Crippen molar-refractivity contribution in [3.05, 3.63) is 59.6 Å². The molecule has 0 amide bonds. The summed E-state index contributed by atoms with van der Waals surface area (Å²) in [4.78, 5) is 4.02. The summed E-state index contributed by atoms with van der Waals surface area (Å²) in [5.41, 5.74) is 8.77. The zero-order valence-corrected chi connectivity index (χ0v) is 20.4. The number of ether oxygens (including phenoxy) is 1. The zero-order chi connectivity index (χ0) is 22.5. The van der Waals surface area contributed by atoms with Crippen molar-refractivity contribution in [2.75, 3.05) is 12.5 Å². The number of rotatable bonds is 10. The van der Waals surface area contributed by atoms with E-state index < -0.39 is 0 Å². The summed E-state index contributed by atoms with van der Waals surface area (Å²) in [5.74, 6) is 2.15. The molecule has 0 saturated heterocycles. The van der Waals surface area contributed by atoms with E-state index in [1.165, 1.54) is 25.0 Å². The van der Waals surface area contributed by atoms with E-state index in [-0.39, 0.29) is 0 Å². The second kappa shape index (κ2) is 20.8. The standard InChI is InChI=1S/C12H17N3S.C7H14O.C5H12/c1-3-10(2)15-9-16-8-12(13)11-5-4-6-14-7-11;1-5-8-7(4)6(2)3;1-3-5-4-2/h3-8,15H,9,13H2,1-2H3;6H,4-5H2,1-3H3;3-5H2,1-2H3/b10-3+,12-8-;;. The molecule has 0 radical (unpaired) electrons. The maximum absolute atomic E-state index is 5.90. The van der Waals surface area contributed by atoms with Crippen LogP contribution in [0.4, 0.5) is 0 Å². The number of hydrogen-bond donors (Lipinski definition) is 2. The predicted molar refractivity (Wildman–Crippen MR) is 132 cm³/mol. The normalized spacial score (nSPS) is 11.0. The summed E-state index contributed by atoms with van der Waals surface area (Å²) in [6, 6.07) is 3.83. The van der Waals surface area contributed by atoms with E-state index in [2.05, 4.69) is 44.6 Å². The predicted octanol–water partition coefficient (Wildman–Crippen LogP) is 6.93. The lowest BCUT2D eigenvalue weighted by Crippen LogP contribution is -2.08. The molecular weight excluding hydrogens is 378 g/mol. The first-order chi connectivity index (χ1) is 13.8. The first kappa shape index (κ1) is 29.3. The molecule has 29 heavy (non-hydrogen) atoms. The molecule has 0 aliphatic carbocycles. The maximum Gasteiger partial charge on any atom is 0.0913 e. The molecule has 3 N–H and O–H groups in total. The Morgan fingerprint density at radius 1 is 1.31 bits per heavy atom. The van der Waals surface area contributed by atoms with E-state index in [9.17, 15) is 0 Å². The van der Waals surface area contributed by atoms with Crippen molar-refractivity contribution in [1.82, 2.24) is 10.3 Å². The van der Waals surface area contributed by atoms with Crippen LogP contribution in [0.2, 0.25) is 0 Å². The number of allylic oxidation sites excluding steroid dienone is 3. The van der Waals surface area contributed by atoms with Gasteiger partial charge in [0.15, 0.2) is 0 Å². The molecule has 5 heteroatoms. The molecule has 1 aromatic rings. The lowest BCUT2D eigenvalue weighted by Gasteiger charge is -2.08. The molecule has 0 saturated carbocycles. The fraction of sp³-hybridized carbons (Fsp3) is 0.542. The summed E-state index contributed by atoms with van der Waals surface area (Å²) in [7, 11) is 0. The van der Waals surface area contributed by atoms with Crippen LogP contribution < -0.4 is 11.1 Å². The van der Waals surface area contributed by atoms with Gasteiger partial charge in [0, 0.05) is 35.3 Å². The van der Waals surface area contributed by atoms with Gasteiger partial charge in [-0.25, -0.2) is 0 Å². The molecule has 0 fully saturated rings. The number of nitrogens with one attached hydrogen (secondary N) is 1. The lowest BCUT2D eigenvalue weighted by atomic mass is 10.2. The summed E-state index contributed by atoms with van der Waals surface area (Å²) in [5, 5.41) is 5.18. The minimum absolute atomic E-state index is 0.454. The van der Waals surface area contributed by atoms with Crippen molar-refractivity contribution in [1.29, 1.82) is 0 Å². The van der Waals surface area contributed by atoms with Gasteiger partial charge < -0.3 is 15.8 Å². The third kappa shape index (κ3) is 19.2. The largest absolute Gasteiger partial charge is 0.499 e. The third-order valence-electron chi connectivity index (χ3n) is 3.75. The second-order valence-electron chi connectivity index (χ2n) is 6.68. The minimum atomic E-state index is 0.454. The Morgan fingerprint density at radius 2 is 1.97 bits per heavy atom. The van der Waals surface area contributed by atoms with Gasteiger partial charge in [0.05, 0.1) is 18.2 Å². The first-order valence-corrected chi connectivity index (χ1v) is 11.5. The molecule has 0 atom stereocenters. The Bertz CT molecular complexity index is 567. The second-order valence-corrected chi connectivity index (χ2v) is 7.54. The molecule has 0 spiro atoms. The van der Waals surface area contributed by atoms with E-state index in [1.54, 1.807) is 24.2 Å². The number of nitrogens with zero attached hydrogens (tertiary/aromatic N) is 1. The van der Waals surface area contributed by atoms with Crippen molar-refractivity contribution in [2.24, 2.45) is 11.7 Å². The van der Waals surface area contributed by atoms with Crippen molar-refractivity contribution in [3.63, 3.8) is 0 Å². The molecule has 0 aliphatic heterocycles. The Kier molecular flexibility index (Phi) is 21.1. The Morgan fingerprint density at radius 3 is 2.34 bits per heavy atom. The van der Waals surface area contributed by atoms with Gasteiger partial charge in [0.2, 0.25) is 0 Å². The van der Waals surface area contributed by atoms with E-state index in [1.807, 2.05) is 44.4 Å². The van der Waals surface area contributed by atoms with Crippen LogP contribution in [-0.4, -0.2) is 17.5 Å². The molecular formula is C24H43N3OS. The highest BCUT2D eigenvalue weighted by Crippen LogP contribution is 2.12. The first-order valence-electron chi connectivity index (χ1n) is 10.5. The molecule has 0 aliphatic rings. The number of unbranched alkanes of at least 4 members (excludes halogenated alkanes) is 2. The highest BCUT2D eigenvalue weighted by Gasteiger charge is 1.97. The highest BCUT2D eigenvalue weighted by atomic mass is 32.2. The van der Waals surface area contributed by atoms with Crippen molar-refractivity contribution in [3.8, 4) is 0 Å². The number of nitrogens with two attached hydrogens (primary N) is 1. The van der Waals surface area contributed by atoms with Crippen LogP contribution in [0.15, 0.2) is 54.0 Å². The van der Waals surface area contributed by atoms with Gasteiger partial charge in [0.1, 0.15) is 0 Å². The molecule has 0 bridgehead atoms. The minimum Gasteiger partial charge on any atom is -0.499 e. The van der Waals surface area contributed by atoms with Crippen LogP contribution in [0.3, 0.4) is 0 Å². The topological polar surface area (TPSA) is 60.2 Å². The average molecular weight is 422 g/mol. The zero-order valence-electron chi connectivity index (χ0n) is 19.6. The number of thioether (sulfide) groups is 1. The molecule has 0 aromatic carbocycles. The van der Waals surface area contributed by atoms with Crippen LogP contribution in [0, 0.1) is 5.92 Å². The van der Waals surface area contributed by atoms with Gasteiger partial charge in [0.25, 0.3) is 0 Å². The molecule has 0 unspecified atom stereocenters. The summed E-state index contributed by atoms with van der Waals surface area (Å²) in [6.45, 7) is 19.0. The van der Waals surface area contributed by atoms with Crippen LogP contribution in [-0.2, 0) is 4.74 Å². The molecule has 1 aromatic heterocycles. The Hall–Kier alpha value is -1.88. The molecule has 4 nitrogen and oxygen atoms in total. The number of aromatic nitrogens is 1. The van der Waals surface area contributed by atoms with Crippen molar-refractivity contribution in [2.45, 2.75) is 67.7 Å². The van der Waals surface area contributed by atoms with E-state index in [4.69, 9.17) is 10.5 Å². The summed E-state index contributed by atoms with van der Waals surface area (Å²) >= 11 is 1.63. The van der Waals surface area contributed by atoms with Gasteiger partial charge in [-0.15, -0.1) is 11.8 Å². The molecule has 1 rings (SSSR count). The lowest BCUT2D eigenvalue weighted by molar-refractivity contribution is 0.202. The van der Waals surface area contributed by atoms with Crippen molar-refractivity contribution < 1.29 is 4.74 Å². The number of pyridine rings is 1. The Labute approximate surface area is 184 Å². The summed E-state index contributed by atoms with van der Waals surface area (Å²) < 4.78 is 5.11. The monoisotopic (exact) mass is 421 g/mol. The average Bonchev–Trinajstić information content (AvgIpc) is 2.73. The van der Waals surface area contributed by atoms with Crippen LogP contribution in [0.5, 0.6) is 0 Å². The fourth-order valence-electron chi connectivity index (χ4n) is 1.70. The molecule has 166 valence electrons.